The molecule has 0 amide bonds. The minimum atomic E-state index is 0. The van der Waals surface area contributed by atoms with E-state index in [-0.39, 0.29) is 52.5 Å². The Morgan fingerprint density at radius 2 is 1.71 bits per heavy atom. The van der Waals surface area contributed by atoms with Crippen molar-refractivity contribution in [2.45, 2.75) is 12.8 Å². The summed E-state index contributed by atoms with van der Waals surface area (Å²) in [6.07, 6.45) is 2.05. The third kappa shape index (κ3) is 3.10. The van der Waals surface area contributed by atoms with Gasteiger partial charge in [-0.15, -0.1) is 0 Å². The molecule has 1 saturated carbocycles. The third-order valence-electron chi connectivity index (χ3n) is 2.10. The fourth-order valence-corrected chi connectivity index (χ4v) is 1.21. The van der Waals surface area contributed by atoms with Gasteiger partial charge in [-0.3, -0.25) is 4.79 Å². The van der Waals surface area contributed by atoms with Crippen molar-refractivity contribution in [3.05, 3.63) is 29.8 Å². The number of ketones is 1. The Bertz CT molecular complexity index is 304. The van der Waals surface area contributed by atoms with E-state index in [9.17, 15) is 4.79 Å². The van der Waals surface area contributed by atoms with Crippen LogP contribution in [-0.2, 0) is 0 Å². The standard InChI is InChI=1S/C10H10O2.Na.H2O/c11-9-5-3-8(4-6-9)10(12)7-1-2-7;;/h3-7,11H,1-2H2;;1H2/q;+1;/p-1. The van der Waals surface area contributed by atoms with E-state index in [1.54, 1.807) is 24.3 Å². The van der Waals surface area contributed by atoms with Crippen molar-refractivity contribution in [3.63, 3.8) is 0 Å². The maximum Gasteiger partial charge on any atom is 1.00 e. The second-order valence-electron chi connectivity index (χ2n) is 3.19. The zero-order valence-electron chi connectivity index (χ0n) is 8.10. The van der Waals surface area contributed by atoms with Gasteiger partial charge in [0.1, 0.15) is 5.75 Å². The molecule has 0 spiro atoms. The van der Waals surface area contributed by atoms with Crippen LogP contribution in [0.5, 0.6) is 5.75 Å². The van der Waals surface area contributed by atoms with E-state index in [0.717, 1.165) is 18.4 Å². The molecule has 70 valence electrons. The second kappa shape index (κ2) is 5.51. The van der Waals surface area contributed by atoms with Crippen molar-refractivity contribution >= 4 is 5.78 Å². The number of phenols is 1. The summed E-state index contributed by atoms with van der Waals surface area (Å²) in [6.45, 7) is 0. The zero-order valence-corrected chi connectivity index (χ0v) is 10.1. The number of Topliss-reactive ketones (excluding diaryl/α,β-unsaturated/α-hetero) is 1. The van der Waals surface area contributed by atoms with E-state index in [1.807, 2.05) is 0 Å². The van der Waals surface area contributed by atoms with Gasteiger partial charge < -0.3 is 10.6 Å². The van der Waals surface area contributed by atoms with Gasteiger partial charge in [-0.25, -0.2) is 0 Å². The molecule has 0 unspecified atom stereocenters. The number of carbonyl (C=O) groups is 1. The van der Waals surface area contributed by atoms with Crippen molar-refractivity contribution in [3.8, 4) is 5.75 Å². The molecule has 0 aromatic heterocycles. The zero-order chi connectivity index (χ0) is 8.55. The Hall–Kier alpha value is -0.350. The molecule has 1 aliphatic rings. The molecule has 1 aliphatic carbocycles. The number of carbonyl (C=O) groups excluding carboxylic acids is 1. The van der Waals surface area contributed by atoms with Gasteiger partial charge in [0.2, 0.25) is 0 Å². The van der Waals surface area contributed by atoms with Crippen LogP contribution in [0.4, 0.5) is 0 Å². The first kappa shape index (κ1) is 13.7. The van der Waals surface area contributed by atoms with Gasteiger partial charge in [0.05, 0.1) is 0 Å². The molecule has 0 aliphatic heterocycles. The summed E-state index contributed by atoms with van der Waals surface area (Å²) >= 11 is 0. The van der Waals surface area contributed by atoms with Gasteiger partial charge in [0.25, 0.3) is 0 Å². The van der Waals surface area contributed by atoms with E-state index in [1.165, 1.54) is 0 Å². The Morgan fingerprint density at radius 1 is 1.21 bits per heavy atom. The first-order valence-corrected chi connectivity index (χ1v) is 4.10. The molecule has 0 atom stereocenters. The SMILES string of the molecule is O=C(c1ccc(O)cc1)C1CC1.[Na+].[OH-]. The predicted octanol–water partition coefficient (Wildman–Crippen LogP) is -1.19. The fraction of sp³-hybridized carbons (Fsp3) is 0.300. The van der Waals surface area contributed by atoms with Gasteiger partial charge in [-0.2, -0.15) is 0 Å². The average Bonchev–Trinajstić information content (AvgIpc) is 2.87. The summed E-state index contributed by atoms with van der Waals surface area (Å²) < 4.78 is 0. The van der Waals surface area contributed by atoms with Crippen LogP contribution in [0.25, 0.3) is 0 Å². The second-order valence-corrected chi connectivity index (χ2v) is 3.19. The molecule has 0 radical (unpaired) electrons. The van der Waals surface area contributed by atoms with Crippen molar-refractivity contribution in [2.24, 2.45) is 5.92 Å². The maximum atomic E-state index is 11.4. The van der Waals surface area contributed by atoms with Gasteiger partial charge in [-0.1, -0.05) is 0 Å². The summed E-state index contributed by atoms with van der Waals surface area (Å²) in [5.74, 6) is 0.687. The predicted molar refractivity (Wildman–Crippen MR) is 47.1 cm³/mol. The molecule has 0 bridgehead atoms. The molecule has 0 saturated heterocycles. The molecule has 1 fully saturated rings. The normalized spacial score (nSPS) is 13.7. The van der Waals surface area contributed by atoms with Crippen LogP contribution in [0.1, 0.15) is 23.2 Å². The average molecular weight is 202 g/mol. The largest absolute Gasteiger partial charge is 1.00 e. The van der Waals surface area contributed by atoms with E-state index < -0.39 is 0 Å². The van der Waals surface area contributed by atoms with Crippen LogP contribution >= 0.6 is 0 Å². The number of hydrogen-bond acceptors (Lipinski definition) is 3. The van der Waals surface area contributed by atoms with Gasteiger partial charge in [0, 0.05) is 11.5 Å². The van der Waals surface area contributed by atoms with Crippen molar-refractivity contribution in [2.75, 3.05) is 0 Å². The molecule has 2 N–H and O–H groups in total. The fourth-order valence-electron chi connectivity index (χ4n) is 1.21. The monoisotopic (exact) mass is 202 g/mol. The summed E-state index contributed by atoms with van der Waals surface area (Å²) in [5.41, 5.74) is 0.718. The van der Waals surface area contributed by atoms with Crippen LogP contribution in [0.15, 0.2) is 24.3 Å². The van der Waals surface area contributed by atoms with Crippen LogP contribution in [-0.4, -0.2) is 16.4 Å². The number of rotatable bonds is 2. The van der Waals surface area contributed by atoms with Crippen LogP contribution in [0, 0.1) is 5.92 Å². The van der Waals surface area contributed by atoms with Crippen LogP contribution in [0.3, 0.4) is 0 Å². The molecule has 1 aromatic carbocycles. The molecule has 1 aromatic rings. The van der Waals surface area contributed by atoms with E-state index in [0.29, 0.717) is 0 Å². The Labute approximate surface area is 105 Å². The van der Waals surface area contributed by atoms with Gasteiger partial charge in [-0.05, 0) is 37.1 Å². The van der Waals surface area contributed by atoms with Crippen LogP contribution in [0.2, 0.25) is 0 Å². The first-order chi connectivity index (χ1) is 5.77. The minimum Gasteiger partial charge on any atom is -0.870 e. The third-order valence-corrected chi connectivity index (χ3v) is 2.10. The first-order valence-electron chi connectivity index (χ1n) is 4.10. The van der Waals surface area contributed by atoms with Crippen molar-refractivity contribution < 1.29 is 44.9 Å². The Kier molecular flexibility index (Phi) is 5.37. The summed E-state index contributed by atoms with van der Waals surface area (Å²) in [5, 5.41) is 8.98. The topological polar surface area (TPSA) is 67.3 Å². The molecule has 3 nitrogen and oxygen atoms in total. The quantitative estimate of drug-likeness (QED) is 0.484. The number of phenolic OH excluding ortho intramolecular Hbond substituents is 1. The molecule has 2 rings (SSSR count). The van der Waals surface area contributed by atoms with E-state index in [4.69, 9.17) is 5.11 Å². The molecule has 14 heavy (non-hydrogen) atoms. The molecular weight excluding hydrogens is 191 g/mol. The maximum absolute atomic E-state index is 11.4. The Morgan fingerprint density at radius 3 is 2.14 bits per heavy atom. The summed E-state index contributed by atoms with van der Waals surface area (Å²) in [6, 6.07) is 6.46. The minimum absolute atomic E-state index is 0. The Balaban J connectivity index is 0.000000845. The molecule has 0 heterocycles. The van der Waals surface area contributed by atoms with E-state index in [2.05, 4.69) is 0 Å². The number of hydrogen-bond donors (Lipinski definition) is 1. The number of benzene rings is 1. The van der Waals surface area contributed by atoms with Crippen LogP contribution < -0.4 is 29.6 Å². The van der Waals surface area contributed by atoms with E-state index >= 15 is 0 Å². The van der Waals surface area contributed by atoms with Crippen molar-refractivity contribution in [1.29, 1.82) is 0 Å². The summed E-state index contributed by atoms with van der Waals surface area (Å²) in [4.78, 5) is 11.4. The number of aromatic hydroxyl groups is 1. The van der Waals surface area contributed by atoms with Gasteiger partial charge >= 0.3 is 29.6 Å². The smallest absolute Gasteiger partial charge is 0.870 e. The van der Waals surface area contributed by atoms with Crippen molar-refractivity contribution in [1.82, 2.24) is 0 Å². The molecule has 4 heteroatoms. The summed E-state index contributed by atoms with van der Waals surface area (Å²) in [7, 11) is 0. The molecular formula is C10H11NaO3. The van der Waals surface area contributed by atoms with Gasteiger partial charge in [0.15, 0.2) is 5.78 Å².